The Labute approximate surface area is 184 Å². The Kier molecular flexibility index (Phi) is 7.51. The van der Waals surface area contributed by atoms with Gasteiger partial charge in [0.05, 0.1) is 12.6 Å². The van der Waals surface area contributed by atoms with Crippen molar-refractivity contribution in [2.24, 2.45) is 11.7 Å². The van der Waals surface area contributed by atoms with Crippen molar-refractivity contribution in [3.63, 3.8) is 0 Å². The molecule has 4 rings (SSSR count). The van der Waals surface area contributed by atoms with Crippen LogP contribution >= 0.6 is 0 Å². The summed E-state index contributed by atoms with van der Waals surface area (Å²) in [6.07, 6.45) is 7.09. The molecular weight excluding hydrogens is 400 g/mol. The Morgan fingerprint density at radius 1 is 1.35 bits per heavy atom. The lowest BCUT2D eigenvalue weighted by Gasteiger charge is -2.40. The van der Waals surface area contributed by atoms with Gasteiger partial charge in [0.15, 0.2) is 11.9 Å². The predicted molar refractivity (Wildman–Crippen MR) is 115 cm³/mol. The number of ether oxygens (including phenoxy) is 2. The van der Waals surface area contributed by atoms with Gasteiger partial charge in [-0.05, 0) is 63.6 Å². The molecular formula is C22H38N4O5. The molecule has 6 atom stereocenters. The second-order valence-corrected chi connectivity index (χ2v) is 9.66. The van der Waals surface area contributed by atoms with E-state index in [-0.39, 0.29) is 12.6 Å². The topological polar surface area (TPSA) is 138 Å². The molecule has 1 amide bonds. The molecule has 2 saturated carbocycles. The van der Waals surface area contributed by atoms with E-state index in [1.54, 1.807) is 0 Å². The van der Waals surface area contributed by atoms with Crippen molar-refractivity contribution in [1.82, 2.24) is 16.0 Å². The van der Waals surface area contributed by atoms with Crippen molar-refractivity contribution in [2.75, 3.05) is 26.2 Å². The van der Waals surface area contributed by atoms with E-state index in [4.69, 9.17) is 15.2 Å². The van der Waals surface area contributed by atoms with Crippen LogP contribution in [0, 0.1) is 5.92 Å². The van der Waals surface area contributed by atoms with Crippen LogP contribution in [0.5, 0.6) is 0 Å². The number of carbonyl (C=O) groups excluding carboxylic acids is 1. The number of aliphatic hydroxyl groups excluding tert-OH is 1. The molecule has 0 aromatic carbocycles. The molecule has 2 heterocycles. The van der Waals surface area contributed by atoms with Gasteiger partial charge in [-0.25, -0.2) is 0 Å². The minimum Gasteiger partial charge on any atom is -0.468 e. The molecule has 2 aliphatic carbocycles. The SMILES string of the molecule is N[C@H]1C[C@@H](NC(=O)C2(O)CCNC2)C[C@@H](O)[C@@H]1O[C@@H]1CCC=C(CNCC2CCC2)O1. The highest BCUT2D eigenvalue weighted by Crippen LogP contribution is 2.28. The molecule has 7 N–H and O–H groups in total. The summed E-state index contributed by atoms with van der Waals surface area (Å²) in [5.41, 5.74) is 4.93. The number of β-amino-alcohol motifs (C(OH)–C–C–N with tert-alkyl or cyclic N) is 1. The molecule has 4 aliphatic rings. The quantitative estimate of drug-likeness (QED) is 0.298. The van der Waals surface area contributed by atoms with Gasteiger partial charge in [0.1, 0.15) is 11.9 Å². The van der Waals surface area contributed by atoms with Crippen molar-refractivity contribution < 1.29 is 24.5 Å². The van der Waals surface area contributed by atoms with Crippen LogP contribution in [0.2, 0.25) is 0 Å². The number of hydrogen-bond acceptors (Lipinski definition) is 8. The minimum atomic E-state index is -1.38. The van der Waals surface area contributed by atoms with Crippen molar-refractivity contribution in [3.05, 3.63) is 11.8 Å². The fourth-order valence-electron chi connectivity index (χ4n) is 4.91. The van der Waals surface area contributed by atoms with Gasteiger partial charge >= 0.3 is 0 Å². The largest absolute Gasteiger partial charge is 0.468 e. The first kappa shape index (κ1) is 22.9. The smallest absolute Gasteiger partial charge is 0.253 e. The van der Waals surface area contributed by atoms with Gasteiger partial charge in [0.2, 0.25) is 0 Å². The third-order valence-electron chi connectivity index (χ3n) is 7.10. The Bertz CT molecular complexity index is 638. The van der Waals surface area contributed by atoms with Crippen LogP contribution in [-0.4, -0.2) is 78.5 Å². The molecule has 3 fully saturated rings. The first-order valence-corrected chi connectivity index (χ1v) is 11.8. The zero-order valence-electron chi connectivity index (χ0n) is 18.2. The zero-order valence-corrected chi connectivity index (χ0v) is 18.2. The molecule has 176 valence electrons. The summed E-state index contributed by atoms with van der Waals surface area (Å²) >= 11 is 0. The van der Waals surface area contributed by atoms with Gasteiger partial charge in [-0.15, -0.1) is 0 Å². The van der Waals surface area contributed by atoms with E-state index >= 15 is 0 Å². The van der Waals surface area contributed by atoms with Gasteiger partial charge in [0.25, 0.3) is 5.91 Å². The Morgan fingerprint density at radius 3 is 2.87 bits per heavy atom. The number of allylic oxidation sites excluding steroid dienone is 1. The molecule has 0 bridgehead atoms. The van der Waals surface area contributed by atoms with Crippen molar-refractivity contribution >= 4 is 5.91 Å². The highest BCUT2D eigenvalue weighted by molar-refractivity contribution is 5.85. The number of nitrogens with one attached hydrogen (secondary N) is 3. The first-order chi connectivity index (χ1) is 14.9. The standard InChI is InChI=1S/C22H38N4O5/c23-17-9-15(26-21(28)22(29)7-8-24-13-22)10-18(27)20(17)31-19-6-2-5-16(30-19)12-25-11-14-3-1-4-14/h5,14-15,17-20,24-25,27,29H,1-4,6-13,23H2,(H,26,28)/t15-,17+,18-,19-,20-,22?/m1/s1. The normalized spacial score (nSPS) is 38.8. The highest BCUT2D eigenvalue weighted by Gasteiger charge is 2.43. The summed E-state index contributed by atoms with van der Waals surface area (Å²) in [5.74, 6) is 1.28. The van der Waals surface area contributed by atoms with Crippen LogP contribution in [0.15, 0.2) is 11.8 Å². The first-order valence-electron chi connectivity index (χ1n) is 11.8. The van der Waals surface area contributed by atoms with Gasteiger partial charge < -0.3 is 41.4 Å². The highest BCUT2D eigenvalue weighted by atomic mass is 16.7. The summed E-state index contributed by atoms with van der Waals surface area (Å²) in [5, 5.41) is 30.4. The summed E-state index contributed by atoms with van der Waals surface area (Å²) < 4.78 is 12.1. The van der Waals surface area contributed by atoms with Gasteiger partial charge in [-0.3, -0.25) is 4.79 Å². The molecule has 0 aromatic rings. The molecule has 0 aromatic heterocycles. The summed E-state index contributed by atoms with van der Waals surface area (Å²) in [6, 6.07) is -0.722. The van der Waals surface area contributed by atoms with Crippen LogP contribution in [-0.2, 0) is 14.3 Å². The molecule has 2 aliphatic heterocycles. The number of amides is 1. The van der Waals surface area contributed by atoms with Crippen LogP contribution in [0.25, 0.3) is 0 Å². The molecule has 31 heavy (non-hydrogen) atoms. The average molecular weight is 439 g/mol. The maximum Gasteiger partial charge on any atom is 0.253 e. The molecule has 0 radical (unpaired) electrons. The fourth-order valence-corrected chi connectivity index (χ4v) is 4.91. The van der Waals surface area contributed by atoms with E-state index in [2.05, 4.69) is 22.0 Å². The van der Waals surface area contributed by atoms with E-state index in [0.29, 0.717) is 32.4 Å². The number of nitrogens with two attached hydrogens (primary N) is 1. The number of aliphatic hydroxyl groups is 2. The average Bonchev–Trinajstić information content (AvgIpc) is 3.15. The monoisotopic (exact) mass is 438 g/mol. The molecule has 1 saturated heterocycles. The van der Waals surface area contributed by atoms with Crippen molar-refractivity contribution in [2.45, 2.75) is 87.5 Å². The van der Waals surface area contributed by atoms with Crippen LogP contribution in [0.3, 0.4) is 0 Å². The zero-order chi connectivity index (χ0) is 21.8. The molecule has 1 unspecified atom stereocenters. The Balaban J connectivity index is 1.22. The second-order valence-electron chi connectivity index (χ2n) is 9.66. The molecule has 9 nitrogen and oxygen atoms in total. The third kappa shape index (κ3) is 5.77. The number of hydrogen-bond donors (Lipinski definition) is 6. The third-order valence-corrected chi connectivity index (χ3v) is 7.10. The Hall–Kier alpha value is -1.23. The summed E-state index contributed by atoms with van der Waals surface area (Å²) in [6.45, 7) is 2.58. The van der Waals surface area contributed by atoms with E-state index in [9.17, 15) is 15.0 Å². The second kappa shape index (κ2) is 10.1. The van der Waals surface area contributed by atoms with E-state index in [1.165, 1.54) is 19.3 Å². The number of carbonyl (C=O) groups is 1. The molecule has 0 spiro atoms. The van der Waals surface area contributed by atoms with Crippen molar-refractivity contribution in [3.8, 4) is 0 Å². The Morgan fingerprint density at radius 2 is 2.19 bits per heavy atom. The maximum atomic E-state index is 12.4. The fraction of sp³-hybridized carbons (Fsp3) is 0.864. The summed E-state index contributed by atoms with van der Waals surface area (Å²) in [4.78, 5) is 12.4. The lowest BCUT2D eigenvalue weighted by atomic mass is 9.85. The molecule has 9 heteroatoms. The lowest BCUT2D eigenvalue weighted by molar-refractivity contribution is -0.196. The van der Waals surface area contributed by atoms with Crippen LogP contribution in [0.4, 0.5) is 0 Å². The van der Waals surface area contributed by atoms with Gasteiger partial charge in [-0.1, -0.05) is 6.42 Å². The van der Waals surface area contributed by atoms with Crippen molar-refractivity contribution in [1.29, 1.82) is 0 Å². The number of rotatable bonds is 8. The lowest BCUT2D eigenvalue weighted by Crippen LogP contribution is -2.59. The van der Waals surface area contributed by atoms with Gasteiger partial charge in [-0.2, -0.15) is 0 Å². The summed E-state index contributed by atoms with van der Waals surface area (Å²) in [7, 11) is 0. The minimum absolute atomic E-state index is 0.246. The van der Waals surface area contributed by atoms with Gasteiger partial charge in [0, 0.05) is 25.0 Å². The van der Waals surface area contributed by atoms with Crippen LogP contribution < -0.4 is 21.7 Å². The maximum absolute atomic E-state index is 12.4. The predicted octanol–water partition coefficient (Wildman–Crippen LogP) is -0.527. The van der Waals surface area contributed by atoms with E-state index < -0.39 is 36.0 Å². The van der Waals surface area contributed by atoms with Crippen LogP contribution in [0.1, 0.15) is 51.4 Å². The van der Waals surface area contributed by atoms with E-state index in [1.807, 2.05) is 0 Å². The van der Waals surface area contributed by atoms with E-state index in [0.717, 1.165) is 31.1 Å².